The predicted molar refractivity (Wildman–Crippen MR) is 102 cm³/mol. The third kappa shape index (κ3) is 4.07. The maximum Gasteiger partial charge on any atom is 0.325 e. The van der Waals surface area contributed by atoms with E-state index in [9.17, 15) is 13.2 Å². The zero-order valence-electron chi connectivity index (χ0n) is 14.8. The van der Waals surface area contributed by atoms with Crippen molar-refractivity contribution in [1.82, 2.24) is 9.29 Å². The lowest BCUT2D eigenvalue weighted by molar-refractivity contribution is -0.139. The molecule has 8 nitrogen and oxygen atoms in total. The van der Waals surface area contributed by atoms with Crippen LogP contribution in [0.3, 0.4) is 0 Å². The molecule has 1 aliphatic rings. The zero-order valence-corrected chi connectivity index (χ0v) is 17.2. The summed E-state index contributed by atoms with van der Waals surface area (Å²) in [5.74, 6) is 0.440. The largest absolute Gasteiger partial charge is 0.497 e. The van der Waals surface area contributed by atoms with Crippen molar-refractivity contribution in [1.29, 1.82) is 0 Å². The monoisotopic (exact) mass is 455 g/mol. The maximum absolute atomic E-state index is 13.1. The molecule has 1 aromatic heterocycles. The molecule has 27 heavy (non-hydrogen) atoms. The van der Waals surface area contributed by atoms with Gasteiger partial charge in [-0.1, -0.05) is 12.1 Å². The number of esters is 1. The molecule has 0 saturated carbocycles. The summed E-state index contributed by atoms with van der Waals surface area (Å²) >= 11 is 3.26. The number of hydrogen-bond acceptors (Lipinski definition) is 7. The number of pyridine rings is 1. The Morgan fingerprint density at radius 2 is 1.96 bits per heavy atom. The first kappa shape index (κ1) is 19.6. The third-order valence-electron chi connectivity index (χ3n) is 4.11. The van der Waals surface area contributed by atoms with Crippen LogP contribution < -0.4 is 9.64 Å². The number of anilines is 1. The summed E-state index contributed by atoms with van der Waals surface area (Å²) in [6.45, 7) is 0.0355. The van der Waals surface area contributed by atoms with E-state index in [0.29, 0.717) is 10.2 Å². The molecule has 0 unspecified atom stereocenters. The van der Waals surface area contributed by atoms with E-state index in [4.69, 9.17) is 9.47 Å². The van der Waals surface area contributed by atoms with Gasteiger partial charge in [-0.05, 0) is 39.7 Å². The number of nitrogens with zero attached hydrogens (tertiary/aromatic N) is 3. The van der Waals surface area contributed by atoms with Gasteiger partial charge in [-0.15, -0.1) is 0 Å². The fourth-order valence-electron chi connectivity index (χ4n) is 2.73. The van der Waals surface area contributed by atoms with Crippen LogP contribution >= 0.6 is 15.9 Å². The smallest absolute Gasteiger partial charge is 0.325 e. The first-order valence-corrected chi connectivity index (χ1v) is 10.2. The van der Waals surface area contributed by atoms with Gasteiger partial charge in [0.15, 0.2) is 0 Å². The van der Waals surface area contributed by atoms with E-state index in [1.54, 1.807) is 36.3 Å². The Labute approximate surface area is 165 Å². The number of aromatic nitrogens is 1. The molecule has 0 atom stereocenters. The summed E-state index contributed by atoms with van der Waals surface area (Å²) in [5, 5.41) is 0. The fourth-order valence-corrected chi connectivity index (χ4v) is 4.79. The first-order valence-electron chi connectivity index (χ1n) is 7.95. The number of benzene rings is 1. The Morgan fingerprint density at radius 3 is 2.59 bits per heavy atom. The molecular weight excluding hydrogens is 438 g/mol. The van der Waals surface area contributed by atoms with Crippen LogP contribution in [0, 0.1) is 0 Å². The van der Waals surface area contributed by atoms with Gasteiger partial charge in [0.05, 0.1) is 20.9 Å². The van der Waals surface area contributed by atoms with Gasteiger partial charge < -0.3 is 14.4 Å². The van der Waals surface area contributed by atoms with Crippen LogP contribution in [0.25, 0.3) is 0 Å². The van der Waals surface area contributed by atoms with Crippen molar-refractivity contribution in [2.45, 2.75) is 11.4 Å². The van der Waals surface area contributed by atoms with Crippen LogP contribution in [0.4, 0.5) is 5.82 Å². The molecule has 0 aliphatic carbocycles. The molecule has 10 heteroatoms. The molecule has 2 heterocycles. The summed E-state index contributed by atoms with van der Waals surface area (Å²) in [4.78, 5) is 17.6. The molecule has 2 aromatic rings. The van der Waals surface area contributed by atoms with Crippen LogP contribution in [-0.4, -0.2) is 51.1 Å². The van der Waals surface area contributed by atoms with E-state index in [2.05, 4.69) is 20.9 Å². The number of carbonyl (C=O) groups is 1. The van der Waals surface area contributed by atoms with Crippen LogP contribution in [0.2, 0.25) is 0 Å². The molecule has 0 N–H and O–H groups in total. The first-order chi connectivity index (χ1) is 12.8. The minimum Gasteiger partial charge on any atom is -0.497 e. The van der Waals surface area contributed by atoms with Crippen LogP contribution in [-0.2, 0) is 26.1 Å². The molecule has 0 fully saturated rings. The summed E-state index contributed by atoms with van der Waals surface area (Å²) in [7, 11) is -0.927. The number of hydrogen-bond donors (Lipinski definition) is 0. The van der Waals surface area contributed by atoms with Gasteiger partial charge >= 0.3 is 5.97 Å². The molecule has 0 amide bonds. The van der Waals surface area contributed by atoms with Crippen LogP contribution in [0.5, 0.6) is 5.75 Å². The van der Waals surface area contributed by atoms with Gasteiger partial charge in [0.1, 0.15) is 23.0 Å². The minimum absolute atomic E-state index is 0.00883. The van der Waals surface area contributed by atoms with E-state index in [-0.39, 0.29) is 30.5 Å². The van der Waals surface area contributed by atoms with Gasteiger partial charge in [0.25, 0.3) is 0 Å². The number of carbonyl (C=O) groups excluding carboxylic acids is 1. The molecule has 0 radical (unpaired) electrons. The summed E-state index contributed by atoms with van der Waals surface area (Å²) in [6.07, 6.45) is 1.50. The Kier molecular flexibility index (Phi) is 5.68. The van der Waals surface area contributed by atoms with Gasteiger partial charge in [-0.3, -0.25) is 4.79 Å². The van der Waals surface area contributed by atoms with Crippen molar-refractivity contribution in [3.63, 3.8) is 0 Å². The normalized spacial score (nSPS) is 15.9. The lowest BCUT2D eigenvalue weighted by Crippen LogP contribution is -2.48. The average molecular weight is 456 g/mol. The quantitative estimate of drug-likeness (QED) is 0.636. The van der Waals surface area contributed by atoms with Crippen molar-refractivity contribution >= 4 is 37.7 Å². The second-order valence-corrected chi connectivity index (χ2v) is 8.68. The van der Waals surface area contributed by atoms with E-state index in [1.807, 2.05) is 0 Å². The van der Waals surface area contributed by atoms with Gasteiger partial charge in [-0.2, -0.15) is 4.31 Å². The SMILES string of the molecule is COC(=O)CN1CN(Cc2ccc(OC)cc2)S(=O)(=O)c2cc(Br)cnc21. The highest BCUT2D eigenvalue weighted by molar-refractivity contribution is 9.10. The van der Waals surface area contributed by atoms with E-state index >= 15 is 0 Å². The number of ether oxygens (including phenoxy) is 2. The molecule has 1 aliphatic heterocycles. The topological polar surface area (TPSA) is 89.0 Å². The highest BCUT2D eigenvalue weighted by atomic mass is 79.9. The molecule has 0 spiro atoms. The van der Waals surface area contributed by atoms with Crippen molar-refractivity contribution < 1.29 is 22.7 Å². The zero-order chi connectivity index (χ0) is 19.6. The van der Waals surface area contributed by atoms with Crippen molar-refractivity contribution in [3.05, 3.63) is 46.6 Å². The highest BCUT2D eigenvalue weighted by Crippen LogP contribution is 2.34. The summed E-state index contributed by atoms with van der Waals surface area (Å²) < 4.78 is 37.9. The average Bonchev–Trinajstić information content (AvgIpc) is 2.66. The number of methoxy groups -OCH3 is 2. The number of rotatable bonds is 5. The number of fused-ring (bicyclic) bond motifs is 1. The number of halogens is 1. The summed E-state index contributed by atoms with van der Waals surface area (Å²) in [6, 6.07) is 8.62. The third-order valence-corrected chi connectivity index (χ3v) is 6.33. The maximum atomic E-state index is 13.1. The van der Waals surface area contributed by atoms with E-state index < -0.39 is 16.0 Å². The predicted octanol–water partition coefficient (Wildman–Crippen LogP) is 1.99. The van der Waals surface area contributed by atoms with E-state index in [1.165, 1.54) is 23.7 Å². The second kappa shape index (κ2) is 7.83. The molecule has 3 rings (SSSR count). The Balaban J connectivity index is 1.97. The van der Waals surface area contributed by atoms with Crippen LogP contribution in [0.15, 0.2) is 45.9 Å². The van der Waals surface area contributed by atoms with Gasteiger partial charge in [0.2, 0.25) is 10.0 Å². The molecule has 144 valence electrons. The fraction of sp³-hybridized carbons (Fsp3) is 0.294. The Morgan fingerprint density at radius 1 is 1.26 bits per heavy atom. The standard InChI is InChI=1S/C17H18BrN3O5S/c1-25-14-5-3-12(4-6-14)9-21-11-20(10-16(22)26-2)17-15(27(21,23)24)7-13(18)8-19-17/h3-8H,9-11H2,1-2H3. The molecule has 0 saturated heterocycles. The Bertz CT molecular complexity index is 950. The van der Waals surface area contributed by atoms with Crippen LogP contribution in [0.1, 0.15) is 5.56 Å². The molecule has 0 bridgehead atoms. The molecule has 1 aromatic carbocycles. The van der Waals surface area contributed by atoms with Crippen molar-refractivity contribution in [3.8, 4) is 5.75 Å². The molecular formula is C17H18BrN3O5S. The second-order valence-electron chi connectivity index (χ2n) is 5.85. The Hall–Kier alpha value is -2.17. The lowest BCUT2D eigenvalue weighted by Gasteiger charge is -2.36. The van der Waals surface area contributed by atoms with Crippen molar-refractivity contribution in [2.75, 3.05) is 32.3 Å². The van der Waals surface area contributed by atoms with E-state index in [0.717, 1.165) is 5.56 Å². The minimum atomic E-state index is -3.78. The summed E-state index contributed by atoms with van der Waals surface area (Å²) in [5.41, 5.74) is 0.795. The highest BCUT2D eigenvalue weighted by Gasteiger charge is 2.37. The lowest BCUT2D eigenvalue weighted by atomic mass is 10.2. The van der Waals surface area contributed by atoms with Crippen molar-refractivity contribution in [2.24, 2.45) is 0 Å². The van der Waals surface area contributed by atoms with Gasteiger partial charge in [0, 0.05) is 17.2 Å². The van der Waals surface area contributed by atoms with Gasteiger partial charge in [-0.25, -0.2) is 13.4 Å². The number of sulfonamides is 1.